The van der Waals surface area contributed by atoms with Gasteiger partial charge in [0.25, 0.3) is 0 Å². The lowest BCUT2D eigenvalue weighted by molar-refractivity contribution is -0.131. The van der Waals surface area contributed by atoms with Gasteiger partial charge >= 0.3 is 0 Å². The summed E-state index contributed by atoms with van der Waals surface area (Å²) in [6, 6.07) is 10.3. The van der Waals surface area contributed by atoms with Gasteiger partial charge < -0.3 is 9.47 Å². The van der Waals surface area contributed by atoms with Gasteiger partial charge in [-0.15, -0.1) is 11.3 Å². The molecule has 2 heterocycles. The first-order valence-corrected chi connectivity index (χ1v) is 13.6. The van der Waals surface area contributed by atoms with Gasteiger partial charge in [-0.2, -0.15) is 0 Å². The van der Waals surface area contributed by atoms with E-state index in [4.69, 9.17) is 17.0 Å². The van der Waals surface area contributed by atoms with Gasteiger partial charge in [-0.1, -0.05) is 23.7 Å². The van der Waals surface area contributed by atoms with Gasteiger partial charge in [0, 0.05) is 42.2 Å². The lowest BCUT2D eigenvalue weighted by Gasteiger charge is -2.31. The van der Waals surface area contributed by atoms with E-state index in [1.807, 2.05) is 11.5 Å². The van der Waals surface area contributed by atoms with E-state index in [1.54, 1.807) is 41.3 Å². The molecule has 1 aromatic heterocycles. The number of fused-ring (bicyclic) bond motifs is 1. The maximum atomic E-state index is 12.8. The van der Waals surface area contributed by atoms with E-state index in [9.17, 15) is 13.2 Å². The van der Waals surface area contributed by atoms with Crippen molar-refractivity contribution in [3.05, 3.63) is 57.3 Å². The summed E-state index contributed by atoms with van der Waals surface area (Å²) in [7, 11) is -3.56. The molecule has 0 bridgehead atoms. The molecule has 1 saturated heterocycles. The third-order valence-corrected chi connectivity index (χ3v) is 9.12. The maximum Gasteiger partial charge on any atom is 0.223 e. The lowest BCUT2D eigenvalue weighted by Crippen LogP contribution is -2.38. The molecule has 0 saturated carbocycles. The molecule has 0 spiro atoms. The van der Waals surface area contributed by atoms with Crippen LogP contribution < -0.4 is 4.80 Å². The average Bonchev–Trinajstić information content (AvgIpc) is 3.17. The van der Waals surface area contributed by atoms with E-state index in [2.05, 4.69) is 6.20 Å². The summed E-state index contributed by atoms with van der Waals surface area (Å²) in [5.74, 6) is 0.0421. The summed E-state index contributed by atoms with van der Waals surface area (Å²) >= 11 is 7.50. The van der Waals surface area contributed by atoms with E-state index in [-0.39, 0.29) is 23.0 Å². The summed E-state index contributed by atoms with van der Waals surface area (Å²) in [6.07, 6.45) is 3.72. The number of carbonyl (C=O) groups excluding carboxylic acids is 1. The average molecular weight is 492 g/mol. The highest BCUT2D eigenvalue weighted by molar-refractivity contribution is 7.91. The third-order valence-electron chi connectivity index (χ3n) is 6.07. The van der Waals surface area contributed by atoms with Gasteiger partial charge in [0.15, 0.2) is 14.6 Å². The first kappa shape index (κ1) is 23.0. The fraction of sp³-hybridized carbons (Fsp3) is 0.391. The van der Waals surface area contributed by atoms with Crippen LogP contribution in [0, 0.1) is 5.41 Å². The summed E-state index contributed by atoms with van der Waals surface area (Å²) in [6.45, 7) is 4.05. The minimum Gasteiger partial charge on any atom is -0.343 e. The van der Waals surface area contributed by atoms with Gasteiger partial charge in [-0.3, -0.25) is 10.2 Å². The molecule has 6 nitrogen and oxygen atoms in total. The van der Waals surface area contributed by atoms with Crippen LogP contribution >= 0.6 is 22.9 Å². The van der Waals surface area contributed by atoms with Gasteiger partial charge in [0.05, 0.1) is 10.6 Å². The summed E-state index contributed by atoms with van der Waals surface area (Å²) in [4.78, 5) is 16.4. The highest BCUT2D eigenvalue weighted by atomic mass is 35.5. The molecule has 170 valence electrons. The van der Waals surface area contributed by atoms with Crippen LogP contribution in [0.4, 0.5) is 0 Å². The van der Waals surface area contributed by atoms with Gasteiger partial charge in [-0.05, 0) is 60.7 Å². The lowest BCUT2D eigenvalue weighted by atomic mass is 9.95. The number of carbonyl (C=O) groups is 1. The molecule has 0 unspecified atom stereocenters. The van der Waals surface area contributed by atoms with Crippen LogP contribution in [0.25, 0.3) is 10.8 Å². The Morgan fingerprint density at radius 3 is 2.53 bits per heavy atom. The van der Waals surface area contributed by atoms with E-state index >= 15 is 0 Å². The Bertz CT molecular complexity index is 1310. The van der Waals surface area contributed by atoms with Crippen molar-refractivity contribution in [2.24, 2.45) is 0 Å². The second kappa shape index (κ2) is 9.37. The molecular formula is C23H26ClN3O3S2. The number of hydrogen-bond donors (Lipinski definition) is 1. The Labute approximate surface area is 196 Å². The van der Waals surface area contributed by atoms with Crippen LogP contribution in [0.1, 0.15) is 37.0 Å². The Morgan fingerprint density at radius 1 is 1.16 bits per heavy atom. The first-order valence-electron chi connectivity index (χ1n) is 10.7. The molecule has 1 N–H and O–H groups in total. The predicted molar refractivity (Wildman–Crippen MR) is 128 cm³/mol. The second-order valence-corrected chi connectivity index (χ2v) is 11.7. The zero-order valence-electron chi connectivity index (χ0n) is 17.9. The summed E-state index contributed by atoms with van der Waals surface area (Å²) < 4.78 is 27.6. The Kier molecular flexibility index (Phi) is 6.74. The molecule has 0 aliphatic carbocycles. The molecule has 0 radical (unpaired) electrons. The van der Waals surface area contributed by atoms with Gasteiger partial charge in [0.1, 0.15) is 0 Å². The Hall–Kier alpha value is -2.16. The highest BCUT2D eigenvalue weighted by Gasteiger charge is 2.26. The molecule has 0 atom stereocenters. The van der Waals surface area contributed by atoms with Gasteiger partial charge in [-0.25, -0.2) is 8.42 Å². The van der Waals surface area contributed by atoms with Gasteiger partial charge in [0.2, 0.25) is 5.91 Å². The van der Waals surface area contributed by atoms with Crippen LogP contribution in [-0.2, 0) is 21.2 Å². The topological polar surface area (TPSA) is 83.2 Å². The zero-order chi connectivity index (χ0) is 22.9. The minimum atomic E-state index is -3.56. The van der Waals surface area contributed by atoms with Crippen molar-refractivity contribution in [3.63, 3.8) is 0 Å². The first-order chi connectivity index (χ1) is 15.3. The monoisotopic (exact) mass is 491 g/mol. The van der Waals surface area contributed by atoms with Crippen molar-refractivity contribution >= 4 is 49.5 Å². The number of aromatic nitrogens is 1. The molecule has 1 aliphatic heterocycles. The van der Waals surface area contributed by atoms with E-state index < -0.39 is 9.84 Å². The number of halogens is 1. The molecule has 1 fully saturated rings. The molecule has 4 rings (SSSR count). The number of likely N-dealkylation sites (tertiary alicyclic amines) is 1. The van der Waals surface area contributed by atoms with Crippen molar-refractivity contribution in [1.82, 2.24) is 9.47 Å². The Morgan fingerprint density at radius 2 is 1.84 bits per heavy atom. The van der Waals surface area contributed by atoms with Crippen molar-refractivity contribution < 1.29 is 13.2 Å². The number of rotatable bonds is 6. The fourth-order valence-corrected chi connectivity index (χ4v) is 6.68. The largest absolute Gasteiger partial charge is 0.343 e. The minimum absolute atomic E-state index is 0.0165. The van der Waals surface area contributed by atoms with E-state index in [0.717, 1.165) is 30.2 Å². The predicted octanol–water partition coefficient (Wildman–Crippen LogP) is 4.43. The van der Waals surface area contributed by atoms with E-state index in [1.165, 1.54) is 16.2 Å². The number of amides is 1. The number of hydrogen-bond acceptors (Lipinski definition) is 5. The van der Waals surface area contributed by atoms with Crippen molar-refractivity contribution in [1.29, 1.82) is 5.41 Å². The second-order valence-electron chi connectivity index (χ2n) is 8.10. The molecule has 9 heteroatoms. The summed E-state index contributed by atoms with van der Waals surface area (Å²) in [5.41, 5.74) is 0. The number of thiazole rings is 1. The number of aryl methyl sites for hydroxylation is 1. The molecule has 1 aliphatic rings. The van der Waals surface area contributed by atoms with E-state index in [0.29, 0.717) is 28.8 Å². The van der Waals surface area contributed by atoms with Crippen molar-refractivity contribution in [3.8, 4) is 0 Å². The number of nitrogens with zero attached hydrogens (tertiary/aromatic N) is 2. The smallest absolute Gasteiger partial charge is 0.223 e. The molecule has 2 aromatic carbocycles. The summed E-state index contributed by atoms with van der Waals surface area (Å²) in [5, 5.41) is 10.3. The SMILES string of the molecule is CCn1cc(C2CCN(C(=O)CCS(=O)(=O)c3ccc4cc(Cl)ccc4c3)CC2)sc1=N. The highest BCUT2D eigenvalue weighted by Crippen LogP contribution is 2.30. The standard InChI is InChI=1S/C23H26ClN3O3S2/c1-2-26-15-21(31-23(26)25)16-7-10-27(11-8-16)22(28)9-12-32(29,30)20-6-4-17-13-19(24)5-3-18(17)14-20/h3-6,13-16,25H,2,7-12H2,1H3. The number of nitrogens with one attached hydrogen (secondary N) is 1. The molecule has 32 heavy (non-hydrogen) atoms. The van der Waals surface area contributed by atoms with Crippen LogP contribution in [0.3, 0.4) is 0 Å². The molecular weight excluding hydrogens is 466 g/mol. The Balaban J connectivity index is 1.35. The number of piperidine rings is 1. The number of benzene rings is 2. The van der Waals surface area contributed by atoms with Crippen LogP contribution in [0.5, 0.6) is 0 Å². The zero-order valence-corrected chi connectivity index (χ0v) is 20.3. The quantitative estimate of drug-likeness (QED) is 0.553. The van der Waals surface area contributed by atoms with Crippen LogP contribution in [0.15, 0.2) is 47.5 Å². The third kappa shape index (κ3) is 4.92. The van der Waals surface area contributed by atoms with Crippen LogP contribution in [0.2, 0.25) is 5.02 Å². The number of sulfone groups is 1. The van der Waals surface area contributed by atoms with Crippen LogP contribution in [-0.4, -0.2) is 42.6 Å². The molecule has 1 amide bonds. The maximum absolute atomic E-state index is 12.8. The van der Waals surface area contributed by atoms with Crippen molar-refractivity contribution in [2.45, 2.75) is 43.5 Å². The van der Waals surface area contributed by atoms with Crippen molar-refractivity contribution in [2.75, 3.05) is 18.8 Å². The molecule has 3 aromatic rings. The fourth-order valence-electron chi connectivity index (χ4n) is 4.13. The normalized spacial score (nSPS) is 15.4.